The van der Waals surface area contributed by atoms with E-state index in [0.717, 1.165) is 0 Å². The SMILES string of the molecule is FC(F)(F)CC(F)(F)CCl. The quantitative estimate of drug-likeness (QED) is 0.455. The molecule has 0 N–H and O–H groups in total. The normalized spacial score (nSPS) is 13.8. The van der Waals surface area contributed by atoms with Crippen LogP contribution in [-0.2, 0) is 0 Å². The standard InChI is InChI=1S/C4H4ClF5/c5-2-3(6,7)1-4(8,9)10/h1-2H2. The van der Waals surface area contributed by atoms with Crippen LogP contribution in [0, 0.1) is 0 Å². The monoisotopic (exact) mass is 182 g/mol. The maximum Gasteiger partial charge on any atom is 0.394 e. The van der Waals surface area contributed by atoms with Gasteiger partial charge in [-0.1, -0.05) is 0 Å². The Morgan fingerprint density at radius 2 is 1.40 bits per heavy atom. The molecule has 0 fully saturated rings. The van der Waals surface area contributed by atoms with Crippen molar-refractivity contribution in [1.29, 1.82) is 0 Å². The second-order valence-electron chi connectivity index (χ2n) is 1.78. The summed E-state index contributed by atoms with van der Waals surface area (Å²) in [7, 11) is 0. The average Bonchev–Trinajstić information content (AvgIpc) is 1.60. The molecule has 10 heavy (non-hydrogen) atoms. The van der Waals surface area contributed by atoms with Crippen LogP contribution in [0.1, 0.15) is 6.42 Å². The highest BCUT2D eigenvalue weighted by molar-refractivity contribution is 6.18. The maximum absolute atomic E-state index is 11.8. The molecule has 6 heteroatoms. The van der Waals surface area contributed by atoms with E-state index in [1.54, 1.807) is 0 Å². The third-order valence-electron chi connectivity index (χ3n) is 0.655. The lowest BCUT2D eigenvalue weighted by Gasteiger charge is -2.14. The van der Waals surface area contributed by atoms with E-state index in [1.807, 2.05) is 0 Å². The third-order valence-corrected chi connectivity index (χ3v) is 1.05. The van der Waals surface area contributed by atoms with E-state index < -0.39 is 24.4 Å². The maximum atomic E-state index is 11.8. The highest BCUT2D eigenvalue weighted by atomic mass is 35.5. The van der Waals surface area contributed by atoms with Crippen LogP contribution in [0.2, 0.25) is 0 Å². The number of rotatable bonds is 2. The largest absolute Gasteiger partial charge is 0.394 e. The van der Waals surface area contributed by atoms with Gasteiger partial charge < -0.3 is 0 Å². The molecule has 0 nitrogen and oxygen atoms in total. The molecule has 0 unspecified atom stereocenters. The summed E-state index contributed by atoms with van der Waals surface area (Å²) in [5.74, 6) is -5.13. The van der Waals surface area contributed by atoms with Gasteiger partial charge in [0.05, 0.1) is 5.88 Å². The Balaban J connectivity index is 3.89. The lowest BCUT2D eigenvalue weighted by Crippen LogP contribution is -2.27. The predicted molar refractivity (Wildman–Crippen MR) is 26.3 cm³/mol. The van der Waals surface area contributed by atoms with Crippen molar-refractivity contribution in [2.45, 2.75) is 18.5 Å². The van der Waals surface area contributed by atoms with E-state index in [4.69, 9.17) is 0 Å². The Bertz CT molecular complexity index is 107. The molecule has 0 aromatic rings. The lowest BCUT2D eigenvalue weighted by atomic mass is 10.3. The fourth-order valence-electron chi connectivity index (χ4n) is 0.341. The van der Waals surface area contributed by atoms with Gasteiger partial charge in [0.1, 0.15) is 6.42 Å². The summed E-state index contributed by atoms with van der Waals surface area (Å²) in [5.41, 5.74) is 0. The van der Waals surface area contributed by atoms with Gasteiger partial charge in [0, 0.05) is 0 Å². The zero-order chi connectivity index (χ0) is 8.41. The highest BCUT2D eigenvalue weighted by Crippen LogP contribution is 2.31. The first-order valence-corrected chi connectivity index (χ1v) is 2.81. The van der Waals surface area contributed by atoms with Gasteiger partial charge in [-0.2, -0.15) is 13.2 Å². The van der Waals surface area contributed by atoms with Crippen LogP contribution in [0.25, 0.3) is 0 Å². The van der Waals surface area contributed by atoms with E-state index in [1.165, 1.54) is 0 Å². The summed E-state index contributed by atoms with van der Waals surface area (Å²) in [6, 6.07) is 0. The van der Waals surface area contributed by atoms with E-state index in [-0.39, 0.29) is 0 Å². The first kappa shape index (κ1) is 9.94. The van der Waals surface area contributed by atoms with Crippen LogP contribution in [-0.4, -0.2) is 18.0 Å². The van der Waals surface area contributed by atoms with Crippen LogP contribution >= 0.6 is 11.6 Å². The van der Waals surface area contributed by atoms with Crippen molar-refractivity contribution in [2.24, 2.45) is 0 Å². The number of hydrogen-bond donors (Lipinski definition) is 0. The van der Waals surface area contributed by atoms with Crippen LogP contribution in [0.4, 0.5) is 22.0 Å². The first-order valence-electron chi connectivity index (χ1n) is 2.27. The molecule has 0 aromatic heterocycles. The van der Waals surface area contributed by atoms with Gasteiger partial charge in [-0.05, 0) is 0 Å². The van der Waals surface area contributed by atoms with Crippen molar-refractivity contribution >= 4 is 11.6 Å². The minimum Gasteiger partial charge on any atom is -0.205 e. The second kappa shape index (κ2) is 2.90. The van der Waals surface area contributed by atoms with E-state index in [0.29, 0.717) is 0 Å². The minimum atomic E-state index is -4.85. The lowest BCUT2D eigenvalue weighted by molar-refractivity contribution is -0.181. The van der Waals surface area contributed by atoms with Crippen molar-refractivity contribution in [3.8, 4) is 0 Å². The predicted octanol–water partition coefficient (Wildman–Crippen LogP) is 2.81. The summed E-state index contributed by atoms with van der Waals surface area (Å²) in [6.07, 6.45) is -7.00. The Labute approximate surface area is 59.0 Å². The van der Waals surface area contributed by atoms with Crippen molar-refractivity contribution in [3.63, 3.8) is 0 Å². The molecule has 0 bridgehead atoms. The van der Waals surface area contributed by atoms with Crippen molar-refractivity contribution in [2.75, 3.05) is 5.88 Å². The molecule has 0 saturated carbocycles. The van der Waals surface area contributed by atoms with Crippen LogP contribution in [0.15, 0.2) is 0 Å². The molecule has 0 radical (unpaired) electrons. The highest BCUT2D eigenvalue weighted by Gasteiger charge is 2.42. The molecule has 0 aromatic carbocycles. The third kappa shape index (κ3) is 4.78. The zero-order valence-corrected chi connectivity index (χ0v) is 5.44. The first-order chi connectivity index (χ1) is 4.27. The van der Waals surface area contributed by atoms with Gasteiger partial charge in [-0.15, -0.1) is 11.6 Å². The Hall–Kier alpha value is -0.0600. The van der Waals surface area contributed by atoms with Gasteiger partial charge in [-0.3, -0.25) is 0 Å². The molecule has 0 rings (SSSR count). The van der Waals surface area contributed by atoms with Gasteiger partial charge in [0.25, 0.3) is 5.92 Å². The Morgan fingerprint density at radius 1 is 1.00 bits per heavy atom. The molecule has 0 aliphatic carbocycles. The topological polar surface area (TPSA) is 0 Å². The number of alkyl halides is 6. The molecule has 0 aliphatic heterocycles. The summed E-state index contributed by atoms with van der Waals surface area (Å²) in [5, 5.41) is 0. The summed E-state index contributed by atoms with van der Waals surface area (Å²) in [6.45, 7) is 0. The van der Waals surface area contributed by atoms with Crippen molar-refractivity contribution < 1.29 is 22.0 Å². The smallest absolute Gasteiger partial charge is 0.205 e. The average molecular weight is 183 g/mol. The Morgan fingerprint density at radius 3 is 1.50 bits per heavy atom. The molecule has 0 atom stereocenters. The molecule has 62 valence electrons. The minimum absolute atomic E-state index is 1.30. The summed E-state index contributed by atoms with van der Waals surface area (Å²) >= 11 is 4.55. The van der Waals surface area contributed by atoms with Crippen LogP contribution in [0.5, 0.6) is 0 Å². The van der Waals surface area contributed by atoms with Gasteiger partial charge in [-0.25, -0.2) is 8.78 Å². The molecule has 0 saturated heterocycles. The zero-order valence-electron chi connectivity index (χ0n) is 4.68. The molecule has 0 amide bonds. The molecule has 0 aliphatic rings. The van der Waals surface area contributed by atoms with Crippen molar-refractivity contribution in [1.82, 2.24) is 0 Å². The van der Waals surface area contributed by atoms with Crippen molar-refractivity contribution in [3.05, 3.63) is 0 Å². The van der Waals surface area contributed by atoms with Crippen LogP contribution in [0.3, 0.4) is 0 Å². The number of hydrogen-bond acceptors (Lipinski definition) is 0. The van der Waals surface area contributed by atoms with E-state index >= 15 is 0 Å². The van der Waals surface area contributed by atoms with Gasteiger partial charge >= 0.3 is 6.18 Å². The molecular formula is C4H4ClF5. The van der Waals surface area contributed by atoms with E-state index in [9.17, 15) is 22.0 Å². The summed E-state index contributed by atoms with van der Waals surface area (Å²) in [4.78, 5) is 0. The van der Waals surface area contributed by atoms with Crippen LogP contribution < -0.4 is 0 Å². The molecular weight excluding hydrogens is 178 g/mol. The fourth-order valence-corrected chi connectivity index (χ4v) is 0.435. The number of halogens is 6. The molecule has 0 spiro atoms. The van der Waals surface area contributed by atoms with E-state index in [2.05, 4.69) is 11.6 Å². The fraction of sp³-hybridized carbons (Fsp3) is 1.00. The Kier molecular flexibility index (Phi) is 2.88. The second-order valence-corrected chi connectivity index (χ2v) is 2.05. The molecule has 0 heterocycles. The van der Waals surface area contributed by atoms with Gasteiger partial charge in [0.15, 0.2) is 0 Å². The summed E-state index contributed by atoms with van der Waals surface area (Å²) < 4.78 is 57.2. The van der Waals surface area contributed by atoms with Gasteiger partial charge in [0.2, 0.25) is 0 Å².